The lowest BCUT2D eigenvalue weighted by Crippen LogP contribution is -2.26. The summed E-state index contributed by atoms with van der Waals surface area (Å²) < 4.78 is 0. The van der Waals surface area contributed by atoms with Crippen molar-refractivity contribution in [2.75, 3.05) is 35.7 Å². The van der Waals surface area contributed by atoms with Gasteiger partial charge in [-0.05, 0) is 26.7 Å². The van der Waals surface area contributed by atoms with E-state index in [0.717, 1.165) is 19.0 Å². The molecule has 0 atom stereocenters. The highest BCUT2D eigenvalue weighted by Crippen LogP contribution is 2.21. The first-order valence-electron chi connectivity index (χ1n) is 8.22. The van der Waals surface area contributed by atoms with Crippen molar-refractivity contribution < 1.29 is 0 Å². The Hall–Kier alpha value is -1.59. The molecular weight excluding hydrogens is 264 g/mol. The highest BCUT2D eigenvalue weighted by atomic mass is 15.3. The Labute approximate surface area is 127 Å². The fourth-order valence-electron chi connectivity index (χ4n) is 2.80. The highest BCUT2D eigenvalue weighted by Gasteiger charge is 2.15. The SMILES string of the molecule is CCN(CC)c1nc(NC)nc(NC2CCCCCC2)n1. The molecule has 1 aromatic rings. The molecule has 6 nitrogen and oxygen atoms in total. The first-order chi connectivity index (χ1) is 10.3. The molecule has 1 aliphatic rings. The van der Waals surface area contributed by atoms with Crippen molar-refractivity contribution >= 4 is 17.8 Å². The summed E-state index contributed by atoms with van der Waals surface area (Å²) >= 11 is 0. The normalized spacial score (nSPS) is 16.3. The molecular formula is C15H28N6. The average Bonchev–Trinajstić information content (AvgIpc) is 2.77. The van der Waals surface area contributed by atoms with Gasteiger partial charge in [0.1, 0.15) is 0 Å². The van der Waals surface area contributed by atoms with Crippen LogP contribution in [0.4, 0.5) is 17.8 Å². The molecule has 0 aromatic carbocycles. The van der Waals surface area contributed by atoms with Crippen LogP contribution >= 0.6 is 0 Å². The van der Waals surface area contributed by atoms with Crippen LogP contribution in [0, 0.1) is 0 Å². The third-order valence-electron chi connectivity index (χ3n) is 4.08. The lowest BCUT2D eigenvalue weighted by atomic mass is 10.1. The maximum Gasteiger partial charge on any atom is 0.231 e. The van der Waals surface area contributed by atoms with Crippen molar-refractivity contribution in [1.29, 1.82) is 0 Å². The summed E-state index contributed by atoms with van der Waals surface area (Å²) in [5.74, 6) is 2.07. The molecule has 21 heavy (non-hydrogen) atoms. The predicted octanol–water partition coefficient (Wildman–Crippen LogP) is 2.89. The van der Waals surface area contributed by atoms with E-state index in [0.29, 0.717) is 17.9 Å². The fourth-order valence-corrected chi connectivity index (χ4v) is 2.80. The topological polar surface area (TPSA) is 66.0 Å². The summed E-state index contributed by atoms with van der Waals surface area (Å²) in [6.45, 7) is 6.02. The van der Waals surface area contributed by atoms with E-state index in [2.05, 4.69) is 44.3 Å². The number of nitrogens with one attached hydrogen (secondary N) is 2. The third-order valence-corrected chi connectivity index (χ3v) is 4.08. The van der Waals surface area contributed by atoms with Crippen molar-refractivity contribution in [1.82, 2.24) is 15.0 Å². The zero-order valence-electron chi connectivity index (χ0n) is 13.5. The van der Waals surface area contributed by atoms with E-state index >= 15 is 0 Å². The van der Waals surface area contributed by atoms with Gasteiger partial charge in [-0.3, -0.25) is 0 Å². The van der Waals surface area contributed by atoms with E-state index in [9.17, 15) is 0 Å². The van der Waals surface area contributed by atoms with Crippen LogP contribution in [-0.4, -0.2) is 41.1 Å². The molecule has 2 N–H and O–H groups in total. The molecule has 0 amide bonds. The van der Waals surface area contributed by atoms with Crippen molar-refractivity contribution in [3.05, 3.63) is 0 Å². The molecule has 2 rings (SSSR count). The molecule has 1 heterocycles. The van der Waals surface area contributed by atoms with Gasteiger partial charge in [-0.2, -0.15) is 15.0 Å². The maximum atomic E-state index is 4.60. The Morgan fingerprint density at radius 2 is 1.57 bits per heavy atom. The molecule has 1 saturated carbocycles. The quantitative estimate of drug-likeness (QED) is 0.786. The lowest BCUT2D eigenvalue weighted by molar-refractivity contribution is 0.614. The minimum atomic E-state index is 0.490. The minimum absolute atomic E-state index is 0.490. The molecule has 1 aromatic heterocycles. The van der Waals surface area contributed by atoms with Gasteiger partial charge < -0.3 is 15.5 Å². The van der Waals surface area contributed by atoms with E-state index in [4.69, 9.17) is 0 Å². The Balaban J connectivity index is 2.15. The second-order valence-electron chi connectivity index (χ2n) is 5.54. The molecule has 0 aliphatic heterocycles. The Morgan fingerprint density at radius 3 is 2.14 bits per heavy atom. The Morgan fingerprint density at radius 1 is 0.952 bits per heavy atom. The van der Waals surface area contributed by atoms with Crippen molar-refractivity contribution in [2.24, 2.45) is 0 Å². The smallest absolute Gasteiger partial charge is 0.231 e. The summed E-state index contributed by atoms with van der Waals surface area (Å²) in [6.07, 6.45) is 7.71. The van der Waals surface area contributed by atoms with Gasteiger partial charge >= 0.3 is 0 Å². The van der Waals surface area contributed by atoms with Crippen molar-refractivity contribution in [2.45, 2.75) is 58.4 Å². The van der Waals surface area contributed by atoms with E-state index in [1.165, 1.54) is 38.5 Å². The van der Waals surface area contributed by atoms with E-state index < -0.39 is 0 Å². The number of aromatic nitrogens is 3. The predicted molar refractivity (Wildman–Crippen MR) is 88.0 cm³/mol. The van der Waals surface area contributed by atoms with Gasteiger partial charge in [0, 0.05) is 26.2 Å². The van der Waals surface area contributed by atoms with E-state index in [1.807, 2.05) is 7.05 Å². The molecule has 0 spiro atoms. The monoisotopic (exact) mass is 292 g/mol. The first kappa shape index (κ1) is 15.8. The lowest BCUT2D eigenvalue weighted by Gasteiger charge is -2.21. The molecule has 0 radical (unpaired) electrons. The fraction of sp³-hybridized carbons (Fsp3) is 0.800. The molecule has 0 bridgehead atoms. The summed E-state index contributed by atoms with van der Waals surface area (Å²) in [5, 5.41) is 6.54. The van der Waals surface area contributed by atoms with Gasteiger partial charge in [-0.25, -0.2) is 0 Å². The molecule has 6 heteroatoms. The van der Waals surface area contributed by atoms with Gasteiger partial charge in [0.05, 0.1) is 0 Å². The van der Waals surface area contributed by atoms with Crippen LogP contribution in [0.1, 0.15) is 52.4 Å². The van der Waals surface area contributed by atoms with Gasteiger partial charge in [-0.1, -0.05) is 25.7 Å². The van der Waals surface area contributed by atoms with Crippen LogP contribution in [0.2, 0.25) is 0 Å². The zero-order chi connectivity index (χ0) is 15.1. The summed E-state index contributed by atoms with van der Waals surface area (Å²) in [4.78, 5) is 15.7. The standard InChI is InChI=1S/C15H28N6/c1-4-21(5-2)15-19-13(16-3)18-14(20-15)17-12-10-8-6-7-9-11-12/h12H,4-11H2,1-3H3,(H2,16,17,18,19,20). The largest absolute Gasteiger partial charge is 0.357 e. The highest BCUT2D eigenvalue weighted by molar-refractivity contribution is 5.43. The van der Waals surface area contributed by atoms with Gasteiger partial charge in [0.25, 0.3) is 0 Å². The van der Waals surface area contributed by atoms with Crippen molar-refractivity contribution in [3.8, 4) is 0 Å². The van der Waals surface area contributed by atoms with Crippen LogP contribution in [0.5, 0.6) is 0 Å². The zero-order valence-corrected chi connectivity index (χ0v) is 13.5. The van der Waals surface area contributed by atoms with Crippen LogP contribution in [0.3, 0.4) is 0 Å². The van der Waals surface area contributed by atoms with E-state index in [1.54, 1.807) is 0 Å². The number of nitrogens with zero attached hydrogens (tertiary/aromatic N) is 4. The van der Waals surface area contributed by atoms with Crippen LogP contribution in [0.25, 0.3) is 0 Å². The molecule has 1 aliphatic carbocycles. The first-order valence-corrected chi connectivity index (χ1v) is 8.22. The van der Waals surface area contributed by atoms with Crippen LogP contribution < -0.4 is 15.5 Å². The molecule has 1 fully saturated rings. The maximum absolute atomic E-state index is 4.60. The third kappa shape index (κ3) is 4.44. The molecule has 0 unspecified atom stereocenters. The second-order valence-corrected chi connectivity index (χ2v) is 5.54. The van der Waals surface area contributed by atoms with Gasteiger partial charge in [-0.15, -0.1) is 0 Å². The molecule has 0 saturated heterocycles. The number of rotatable bonds is 6. The minimum Gasteiger partial charge on any atom is -0.357 e. The summed E-state index contributed by atoms with van der Waals surface area (Å²) in [6, 6.07) is 0.490. The van der Waals surface area contributed by atoms with E-state index in [-0.39, 0.29) is 0 Å². The van der Waals surface area contributed by atoms with Gasteiger partial charge in [0.2, 0.25) is 17.8 Å². The Kier molecular flexibility index (Phi) is 6.02. The van der Waals surface area contributed by atoms with Crippen LogP contribution in [-0.2, 0) is 0 Å². The average molecular weight is 292 g/mol. The van der Waals surface area contributed by atoms with Crippen molar-refractivity contribution in [3.63, 3.8) is 0 Å². The Bertz CT molecular complexity index is 424. The molecule has 118 valence electrons. The number of anilines is 3. The number of hydrogen-bond donors (Lipinski definition) is 2. The van der Waals surface area contributed by atoms with Crippen LogP contribution in [0.15, 0.2) is 0 Å². The summed E-state index contributed by atoms with van der Waals surface area (Å²) in [5.41, 5.74) is 0. The second kappa shape index (κ2) is 8.00. The summed E-state index contributed by atoms with van der Waals surface area (Å²) in [7, 11) is 1.84. The number of hydrogen-bond acceptors (Lipinski definition) is 6. The van der Waals surface area contributed by atoms with Gasteiger partial charge in [0.15, 0.2) is 0 Å².